The predicted molar refractivity (Wildman–Crippen MR) is 127 cm³/mol. The topological polar surface area (TPSA) is 89.8 Å². The molecule has 7 nitrogen and oxygen atoms in total. The summed E-state index contributed by atoms with van der Waals surface area (Å²) in [4.78, 5) is 24.7. The average molecular weight is 463 g/mol. The van der Waals surface area contributed by atoms with E-state index in [1.165, 1.54) is 7.11 Å². The van der Waals surface area contributed by atoms with Crippen molar-refractivity contribution in [1.82, 2.24) is 10.6 Å². The van der Waals surface area contributed by atoms with Crippen molar-refractivity contribution in [3.63, 3.8) is 0 Å². The summed E-state index contributed by atoms with van der Waals surface area (Å²) in [5.74, 6) is 0.204. The molecule has 2 heterocycles. The molecule has 4 rings (SSSR count). The van der Waals surface area contributed by atoms with Gasteiger partial charge >= 0.3 is 11.9 Å². The van der Waals surface area contributed by atoms with Crippen LogP contribution < -0.4 is 10.6 Å². The third-order valence-corrected chi connectivity index (χ3v) is 5.35. The number of rotatable bonds is 6. The molecule has 168 valence electrons. The van der Waals surface area contributed by atoms with Gasteiger partial charge in [-0.2, -0.15) is 0 Å². The number of hydrogen-bond acceptors (Lipinski definition) is 6. The zero-order valence-corrected chi connectivity index (χ0v) is 18.9. The lowest BCUT2D eigenvalue weighted by atomic mass is 9.96. The van der Waals surface area contributed by atoms with Crippen molar-refractivity contribution in [2.45, 2.75) is 13.0 Å². The molecule has 0 amide bonds. The lowest BCUT2D eigenvalue weighted by Crippen LogP contribution is -2.45. The van der Waals surface area contributed by atoms with Crippen LogP contribution in [0.15, 0.2) is 76.7 Å². The summed E-state index contributed by atoms with van der Waals surface area (Å²) in [6, 6.07) is 19.3. The summed E-state index contributed by atoms with van der Waals surface area (Å²) in [6.45, 7) is 1.99. The van der Waals surface area contributed by atoms with Crippen molar-refractivity contribution in [3.8, 4) is 11.3 Å². The van der Waals surface area contributed by atoms with Gasteiger partial charge in [0.15, 0.2) is 5.11 Å². The highest BCUT2D eigenvalue weighted by Crippen LogP contribution is 2.34. The molecule has 1 aliphatic rings. The van der Waals surface area contributed by atoms with Gasteiger partial charge in [0.05, 0.1) is 30.6 Å². The van der Waals surface area contributed by atoms with Gasteiger partial charge in [0.25, 0.3) is 0 Å². The molecule has 0 aliphatic carbocycles. The Hall–Kier alpha value is -3.91. The molecule has 0 bridgehead atoms. The molecule has 0 spiro atoms. The van der Waals surface area contributed by atoms with Crippen LogP contribution in [0, 0.1) is 0 Å². The Bertz CT molecular complexity index is 1220. The number of carbonyl (C=O) groups excluding carboxylic acids is 2. The van der Waals surface area contributed by atoms with Gasteiger partial charge < -0.3 is 24.5 Å². The summed E-state index contributed by atoms with van der Waals surface area (Å²) in [6.07, 6.45) is 0. The van der Waals surface area contributed by atoms with Gasteiger partial charge in [-0.05, 0) is 49.0 Å². The smallest absolute Gasteiger partial charge is 0.338 e. The number of thiocarbonyl (C=S) groups is 1. The minimum Gasteiger partial charge on any atom is -0.465 e. The SMILES string of the molecule is CCOC(=O)C1=C(c2ccccc2)NC(=S)N[C@@H]1c1ccc(-c2ccc(C(=O)OC)cc2)o1. The van der Waals surface area contributed by atoms with Crippen molar-refractivity contribution in [3.05, 3.63) is 89.2 Å². The van der Waals surface area contributed by atoms with E-state index in [0.29, 0.717) is 33.5 Å². The van der Waals surface area contributed by atoms with Crippen molar-refractivity contribution in [2.24, 2.45) is 0 Å². The Morgan fingerprint density at radius 1 is 0.970 bits per heavy atom. The first-order valence-corrected chi connectivity index (χ1v) is 10.7. The van der Waals surface area contributed by atoms with Gasteiger partial charge in [0.2, 0.25) is 0 Å². The molecule has 1 aliphatic heterocycles. The Kier molecular flexibility index (Phi) is 6.55. The van der Waals surface area contributed by atoms with E-state index >= 15 is 0 Å². The number of benzene rings is 2. The molecule has 2 aromatic carbocycles. The zero-order valence-electron chi connectivity index (χ0n) is 18.1. The van der Waals surface area contributed by atoms with Crippen LogP contribution in [0.5, 0.6) is 0 Å². The largest absolute Gasteiger partial charge is 0.465 e. The summed E-state index contributed by atoms with van der Waals surface area (Å²) >= 11 is 5.42. The second-order valence-corrected chi connectivity index (χ2v) is 7.59. The predicted octanol–water partition coefficient (Wildman–Crippen LogP) is 4.23. The lowest BCUT2D eigenvalue weighted by Gasteiger charge is -2.29. The lowest BCUT2D eigenvalue weighted by molar-refractivity contribution is -0.138. The number of carbonyl (C=O) groups is 2. The van der Waals surface area contributed by atoms with Crippen molar-refractivity contribution >= 4 is 35.0 Å². The highest BCUT2D eigenvalue weighted by Gasteiger charge is 2.35. The number of esters is 2. The zero-order chi connectivity index (χ0) is 23.4. The molecule has 0 saturated heterocycles. The Balaban J connectivity index is 1.74. The number of furan rings is 1. The fourth-order valence-corrected chi connectivity index (χ4v) is 3.81. The van der Waals surface area contributed by atoms with Crippen molar-refractivity contribution in [2.75, 3.05) is 13.7 Å². The molecular weight excluding hydrogens is 440 g/mol. The molecule has 0 fully saturated rings. The first kappa shape index (κ1) is 22.3. The maximum atomic E-state index is 13.0. The summed E-state index contributed by atoms with van der Waals surface area (Å²) in [5.41, 5.74) is 2.97. The van der Waals surface area contributed by atoms with E-state index in [4.69, 9.17) is 26.1 Å². The van der Waals surface area contributed by atoms with Crippen LogP contribution in [-0.4, -0.2) is 30.8 Å². The summed E-state index contributed by atoms with van der Waals surface area (Å²) in [5, 5.41) is 6.59. The maximum Gasteiger partial charge on any atom is 0.338 e. The molecule has 3 aromatic rings. The van der Waals surface area contributed by atoms with Crippen LogP contribution in [0.3, 0.4) is 0 Å². The number of nitrogens with one attached hydrogen (secondary N) is 2. The minimum absolute atomic E-state index is 0.234. The van der Waals surface area contributed by atoms with E-state index in [-0.39, 0.29) is 6.61 Å². The van der Waals surface area contributed by atoms with Gasteiger partial charge in [-0.25, -0.2) is 9.59 Å². The normalized spacial score (nSPS) is 15.5. The summed E-state index contributed by atoms with van der Waals surface area (Å²) in [7, 11) is 1.34. The monoisotopic (exact) mass is 462 g/mol. The third-order valence-electron chi connectivity index (χ3n) is 5.13. The number of methoxy groups -OCH3 is 1. The van der Waals surface area contributed by atoms with Crippen LogP contribution in [0.25, 0.3) is 17.0 Å². The highest BCUT2D eigenvalue weighted by atomic mass is 32.1. The second kappa shape index (κ2) is 9.70. The molecular formula is C25H22N2O5S. The second-order valence-electron chi connectivity index (χ2n) is 7.18. The molecule has 0 radical (unpaired) electrons. The molecule has 33 heavy (non-hydrogen) atoms. The van der Waals surface area contributed by atoms with E-state index in [2.05, 4.69) is 10.6 Å². The first-order chi connectivity index (χ1) is 16.0. The highest BCUT2D eigenvalue weighted by molar-refractivity contribution is 7.80. The summed E-state index contributed by atoms with van der Waals surface area (Å²) < 4.78 is 16.2. The standard InChI is InChI=1S/C25H22N2O5S/c1-3-31-24(29)20-21(16-7-5-4-6-8-16)26-25(33)27-22(20)19-14-13-18(32-19)15-9-11-17(12-10-15)23(28)30-2/h4-14,22H,3H2,1-2H3,(H2,26,27,33)/t22-/m1/s1. The minimum atomic E-state index is -0.643. The fraction of sp³-hybridized carbons (Fsp3) is 0.160. The van der Waals surface area contributed by atoms with Crippen molar-refractivity contribution in [1.29, 1.82) is 0 Å². The van der Waals surface area contributed by atoms with Gasteiger partial charge in [-0.15, -0.1) is 0 Å². The Morgan fingerprint density at radius 3 is 2.36 bits per heavy atom. The molecule has 2 N–H and O–H groups in total. The van der Waals surface area contributed by atoms with Gasteiger partial charge in [0, 0.05) is 5.56 Å². The van der Waals surface area contributed by atoms with Gasteiger partial charge in [-0.1, -0.05) is 42.5 Å². The van der Waals surface area contributed by atoms with Crippen LogP contribution >= 0.6 is 12.2 Å². The fourth-order valence-electron chi connectivity index (χ4n) is 3.59. The van der Waals surface area contributed by atoms with Crippen molar-refractivity contribution < 1.29 is 23.5 Å². The molecule has 1 aromatic heterocycles. The van der Waals surface area contributed by atoms with E-state index in [9.17, 15) is 9.59 Å². The Morgan fingerprint density at radius 2 is 1.70 bits per heavy atom. The molecule has 1 atom stereocenters. The van der Waals surface area contributed by atoms with Crippen LogP contribution in [0.1, 0.15) is 34.6 Å². The number of ether oxygens (including phenoxy) is 2. The molecule has 0 unspecified atom stereocenters. The van der Waals surface area contributed by atoms with E-state index in [0.717, 1.165) is 11.1 Å². The first-order valence-electron chi connectivity index (χ1n) is 10.3. The Labute approximate surface area is 196 Å². The van der Waals surface area contributed by atoms with Gasteiger partial charge in [0.1, 0.15) is 17.6 Å². The molecule has 0 saturated carbocycles. The van der Waals surface area contributed by atoms with Crippen LogP contribution in [0.2, 0.25) is 0 Å². The quantitative estimate of drug-likeness (QED) is 0.416. The number of hydrogen-bond donors (Lipinski definition) is 2. The van der Waals surface area contributed by atoms with Gasteiger partial charge in [-0.3, -0.25) is 0 Å². The van der Waals surface area contributed by atoms with E-state index < -0.39 is 18.0 Å². The third kappa shape index (κ3) is 4.65. The van der Waals surface area contributed by atoms with Crippen LogP contribution in [-0.2, 0) is 14.3 Å². The average Bonchev–Trinajstić information content (AvgIpc) is 3.34. The molecule has 8 heteroatoms. The van der Waals surface area contributed by atoms with E-state index in [1.807, 2.05) is 30.3 Å². The van der Waals surface area contributed by atoms with Crippen LogP contribution in [0.4, 0.5) is 0 Å². The maximum absolute atomic E-state index is 13.0. The van der Waals surface area contributed by atoms with E-state index in [1.54, 1.807) is 43.3 Å².